The van der Waals surface area contributed by atoms with Gasteiger partial charge in [-0.1, -0.05) is 6.07 Å². The van der Waals surface area contributed by atoms with Gasteiger partial charge < -0.3 is 10.1 Å². The molecule has 1 aliphatic carbocycles. The van der Waals surface area contributed by atoms with Gasteiger partial charge in [0.15, 0.2) is 0 Å². The third-order valence-corrected chi connectivity index (χ3v) is 5.12. The van der Waals surface area contributed by atoms with Gasteiger partial charge in [0.1, 0.15) is 11.6 Å². The molecular weight excluding hydrogens is 283 g/mol. The molecule has 1 amide bonds. The molecule has 4 nitrogen and oxygen atoms in total. The van der Waals surface area contributed by atoms with E-state index in [0.29, 0.717) is 30.0 Å². The molecule has 3 rings (SSSR count). The lowest BCUT2D eigenvalue weighted by atomic mass is 9.89. The van der Waals surface area contributed by atoms with E-state index >= 15 is 0 Å². The van der Waals surface area contributed by atoms with Gasteiger partial charge in [-0.15, -0.1) is 0 Å². The maximum Gasteiger partial charge on any atom is 0.220 e. The summed E-state index contributed by atoms with van der Waals surface area (Å²) >= 11 is 0. The number of benzene rings is 1. The second-order valence-electron chi connectivity index (χ2n) is 6.52. The summed E-state index contributed by atoms with van der Waals surface area (Å²) in [6, 6.07) is 5.16. The van der Waals surface area contributed by atoms with Crippen LogP contribution in [0.25, 0.3) is 0 Å². The number of amides is 1. The number of nitrogens with one attached hydrogen (secondary N) is 1. The standard InChI is InChI=1S/C17H23FN2O2/c1-20(10-11-3-4-14(18)8-16(11)22-2)15-5-12-7-17(21)19-9-13(12)6-15/h3-4,8,12-13,15H,5-7,9-10H2,1-2H3,(H,19,21)/t12-,13+,15-/m1/s1. The van der Waals surface area contributed by atoms with Crippen LogP contribution >= 0.6 is 0 Å². The Morgan fingerprint density at radius 3 is 2.91 bits per heavy atom. The summed E-state index contributed by atoms with van der Waals surface area (Å²) in [6.07, 6.45) is 2.85. The summed E-state index contributed by atoms with van der Waals surface area (Å²) in [6.45, 7) is 1.54. The van der Waals surface area contributed by atoms with E-state index in [1.54, 1.807) is 13.2 Å². The summed E-state index contributed by atoms with van der Waals surface area (Å²) in [5.41, 5.74) is 0.996. The van der Waals surface area contributed by atoms with Gasteiger partial charge in [-0.3, -0.25) is 9.69 Å². The van der Waals surface area contributed by atoms with Gasteiger partial charge >= 0.3 is 0 Å². The van der Waals surface area contributed by atoms with E-state index in [9.17, 15) is 9.18 Å². The van der Waals surface area contributed by atoms with Crippen LogP contribution in [0.5, 0.6) is 5.75 Å². The lowest BCUT2D eigenvalue weighted by Gasteiger charge is -2.25. The average Bonchev–Trinajstić information content (AvgIpc) is 2.92. The molecule has 5 heteroatoms. The minimum Gasteiger partial charge on any atom is -0.496 e. The highest BCUT2D eigenvalue weighted by molar-refractivity contribution is 5.77. The van der Waals surface area contributed by atoms with Crippen molar-refractivity contribution in [1.82, 2.24) is 10.2 Å². The first-order valence-electron chi connectivity index (χ1n) is 7.86. The molecule has 1 saturated heterocycles. The van der Waals surface area contributed by atoms with Crippen LogP contribution in [-0.2, 0) is 11.3 Å². The lowest BCUT2D eigenvalue weighted by Crippen LogP contribution is -2.38. The summed E-state index contributed by atoms with van der Waals surface area (Å²) in [4.78, 5) is 13.8. The summed E-state index contributed by atoms with van der Waals surface area (Å²) in [5.74, 6) is 1.61. The number of ether oxygens (including phenoxy) is 1. The Bertz CT molecular complexity index is 564. The SMILES string of the molecule is COc1cc(F)ccc1CN(C)[C@H]1C[C@H]2CNC(=O)C[C@H]2C1. The van der Waals surface area contributed by atoms with E-state index < -0.39 is 0 Å². The Morgan fingerprint density at radius 2 is 2.14 bits per heavy atom. The Kier molecular flexibility index (Phi) is 4.34. The number of nitrogens with zero attached hydrogens (tertiary/aromatic N) is 1. The molecule has 22 heavy (non-hydrogen) atoms. The van der Waals surface area contributed by atoms with Gasteiger partial charge in [0.05, 0.1) is 7.11 Å². The fourth-order valence-electron chi connectivity index (χ4n) is 3.84. The average molecular weight is 306 g/mol. The molecule has 1 N–H and O–H groups in total. The monoisotopic (exact) mass is 306 g/mol. The van der Waals surface area contributed by atoms with Crippen molar-refractivity contribution in [3.05, 3.63) is 29.6 Å². The van der Waals surface area contributed by atoms with Crippen LogP contribution in [0, 0.1) is 17.7 Å². The number of hydrogen-bond acceptors (Lipinski definition) is 3. The molecule has 3 atom stereocenters. The number of methoxy groups -OCH3 is 1. The molecule has 2 fully saturated rings. The number of carbonyl (C=O) groups is 1. The van der Waals surface area contributed by atoms with Crippen molar-refractivity contribution in [2.45, 2.75) is 31.8 Å². The van der Waals surface area contributed by atoms with Gasteiger partial charge in [0.25, 0.3) is 0 Å². The molecule has 0 unspecified atom stereocenters. The predicted molar refractivity (Wildman–Crippen MR) is 82.0 cm³/mol. The van der Waals surface area contributed by atoms with E-state index in [1.807, 2.05) is 0 Å². The number of hydrogen-bond donors (Lipinski definition) is 1. The Hall–Kier alpha value is -1.62. The third-order valence-electron chi connectivity index (χ3n) is 5.12. The molecule has 0 spiro atoms. The minimum absolute atomic E-state index is 0.185. The van der Waals surface area contributed by atoms with Crippen molar-refractivity contribution in [3.63, 3.8) is 0 Å². The van der Waals surface area contributed by atoms with Crippen LogP contribution in [0.4, 0.5) is 4.39 Å². The molecule has 1 aromatic rings. The number of rotatable bonds is 4. The minimum atomic E-state index is -0.278. The summed E-state index contributed by atoms with van der Waals surface area (Å²) < 4.78 is 18.6. The maximum atomic E-state index is 13.3. The highest BCUT2D eigenvalue weighted by atomic mass is 19.1. The highest BCUT2D eigenvalue weighted by Gasteiger charge is 2.39. The second-order valence-corrected chi connectivity index (χ2v) is 6.52. The zero-order valence-corrected chi connectivity index (χ0v) is 13.1. The lowest BCUT2D eigenvalue weighted by molar-refractivity contribution is -0.124. The first kappa shape index (κ1) is 15.3. The zero-order valence-electron chi connectivity index (χ0n) is 13.1. The predicted octanol–water partition coefficient (Wildman–Crippen LogP) is 2.18. The fraction of sp³-hybridized carbons (Fsp3) is 0.588. The van der Waals surface area contributed by atoms with Crippen LogP contribution in [0.1, 0.15) is 24.8 Å². The smallest absolute Gasteiger partial charge is 0.220 e. The molecule has 1 heterocycles. The largest absolute Gasteiger partial charge is 0.496 e. The van der Waals surface area contributed by atoms with E-state index in [1.165, 1.54) is 12.1 Å². The van der Waals surface area contributed by atoms with Crippen LogP contribution in [0.15, 0.2) is 18.2 Å². The summed E-state index contributed by atoms with van der Waals surface area (Å²) in [7, 11) is 3.67. The van der Waals surface area contributed by atoms with Gasteiger partial charge in [0, 0.05) is 37.2 Å². The van der Waals surface area contributed by atoms with Crippen molar-refractivity contribution >= 4 is 5.91 Å². The zero-order chi connectivity index (χ0) is 15.7. The molecule has 2 aliphatic rings. The molecule has 0 bridgehead atoms. The third kappa shape index (κ3) is 3.09. The van der Waals surface area contributed by atoms with Gasteiger partial charge in [-0.05, 0) is 37.8 Å². The molecular formula is C17H23FN2O2. The topological polar surface area (TPSA) is 41.6 Å². The fourth-order valence-corrected chi connectivity index (χ4v) is 3.84. The van der Waals surface area contributed by atoms with Crippen molar-refractivity contribution < 1.29 is 13.9 Å². The number of carbonyl (C=O) groups excluding carboxylic acids is 1. The van der Waals surface area contributed by atoms with E-state index in [0.717, 1.165) is 31.5 Å². The molecule has 120 valence electrons. The van der Waals surface area contributed by atoms with Crippen LogP contribution in [0.2, 0.25) is 0 Å². The van der Waals surface area contributed by atoms with Gasteiger partial charge in [0.2, 0.25) is 5.91 Å². The van der Waals surface area contributed by atoms with Crippen molar-refractivity contribution in [3.8, 4) is 5.75 Å². The Labute approximate surface area is 130 Å². The number of fused-ring (bicyclic) bond motifs is 1. The molecule has 0 radical (unpaired) electrons. The molecule has 1 saturated carbocycles. The highest BCUT2D eigenvalue weighted by Crippen LogP contribution is 2.38. The van der Waals surface area contributed by atoms with E-state index in [-0.39, 0.29) is 11.7 Å². The first-order valence-corrected chi connectivity index (χ1v) is 7.86. The van der Waals surface area contributed by atoms with Crippen molar-refractivity contribution in [1.29, 1.82) is 0 Å². The number of piperidine rings is 1. The van der Waals surface area contributed by atoms with Crippen LogP contribution in [-0.4, -0.2) is 37.6 Å². The normalized spacial score (nSPS) is 27.6. The van der Waals surface area contributed by atoms with Crippen LogP contribution < -0.4 is 10.1 Å². The van der Waals surface area contributed by atoms with E-state index in [2.05, 4.69) is 17.3 Å². The molecule has 0 aromatic heterocycles. The van der Waals surface area contributed by atoms with E-state index in [4.69, 9.17) is 4.74 Å². The molecule has 1 aliphatic heterocycles. The van der Waals surface area contributed by atoms with Gasteiger partial charge in [-0.25, -0.2) is 4.39 Å². The molecule has 1 aromatic carbocycles. The Balaban J connectivity index is 1.65. The first-order chi connectivity index (χ1) is 10.6. The Morgan fingerprint density at radius 1 is 1.36 bits per heavy atom. The van der Waals surface area contributed by atoms with Crippen LogP contribution in [0.3, 0.4) is 0 Å². The quantitative estimate of drug-likeness (QED) is 0.927. The maximum absolute atomic E-state index is 13.3. The van der Waals surface area contributed by atoms with Crippen molar-refractivity contribution in [2.24, 2.45) is 11.8 Å². The summed E-state index contributed by atoms with van der Waals surface area (Å²) in [5, 5.41) is 2.97. The van der Waals surface area contributed by atoms with Crippen molar-refractivity contribution in [2.75, 3.05) is 20.7 Å². The second kappa shape index (κ2) is 6.24. The number of halogens is 1. The van der Waals surface area contributed by atoms with Gasteiger partial charge in [-0.2, -0.15) is 0 Å².